The van der Waals surface area contributed by atoms with Gasteiger partial charge in [-0.25, -0.2) is 4.79 Å². The molecule has 5 heteroatoms. The fourth-order valence-corrected chi connectivity index (χ4v) is 1.68. The first-order valence-corrected chi connectivity index (χ1v) is 6.30. The lowest BCUT2D eigenvalue weighted by Gasteiger charge is -2.31. The summed E-state index contributed by atoms with van der Waals surface area (Å²) in [7, 11) is 0. The van der Waals surface area contributed by atoms with Crippen molar-refractivity contribution in [2.45, 2.75) is 58.2 Å². The Balaban J connectivity index is 2.31. The van der Waals surface area contributed by atoms with Crippen LogP contribution in [0.15, 0.2) is 0 Å². The molecule has 0 aromatic carbocycles. The molecular weight excluding hydrogens is 220 g/mol. The molecule has 0 unspecified atom stereocenters. The molecule has 5 nitrogen and oxygen atoms in total. The van der Waals surface area contributed by atoms with Gasteiger partial charge in [0.15, 0.2) is 5.60 Å². The quantitative estimate of drug-likeness (QED) is 0.558. The molecule has 17 heavy (non-hydrogen) atoms. The molecule has 1 saturated heterocycles. The van der Waals surface area contributed by atoms with E-state index in [1.165, 1.54) is 0 Å². The highest BCUT2D eigenvalue weighted by Crippen LogP contribution is 2.13. The van der Waals surface area contributed by atoms with Crippen molar-refractivity contribution in [1.82, 2.24) is 10.8 Å². The van der Waals surface area contributed by atoms with Crippen molar-refractivity contribution in [1.29, 1.82) is 0 Å². The van der Waals surface area contributed by atoms with Crippen molar-refractivity contribution in [3.8, 4) is 0 Å². The third kappa shape index (κ3) is 4.61. The van der Waals surface area contributed by atoms with E-state index < -0.39 is 5.60 Å². The Kier molecular flexibility index (Phi) is 5.36. The predicted molar refractivity (Wildman–Crippen MR) is 65.4 cm³/mol. The zero-order valence-electron chi connectivity index (χ0n) is 11.2. The zero-order valence-corrected chi connectivity index (χ0v) is 11.2. The van der Waals surface area contributed by atoms with Crippen LogP contribution < -0.4 is 10.8 Å². The van der Waals surface area contributed by atoms with E-state index in [4.69, 9.17) is 9.57 Å². The zero-order chi connectivity index (χ0) is 12.9. The van der Waals surface area contributed by atoms with Crippen LogP contribution in [0.25, 0.3) is 0 Å². The van der Waals surface area contributed by atoms with Gasteiger partial charge in [-0.2, -0.15) is 5.48 Å². The highest BCUT2D eigenvalue weighted by molar-refractivity contribution is 5.78. The van der Waals surface area contributed by atoms with E-state index in [9.17, 15) is 4.79 Å². The van der Waals surface area contributed by atoms with Gasteiger partial charge in [0.2, 0.25) is 0 Å². The summed E-state index contributed by atoms with van der Waals surface area (Å²) in [5, 5.41) is 3.36. The molecule has 1 aliphatic rings. The van der Waals surface area contributed by atoms with Crippen molar-refractivity contribution in [3.05, 3.63) is 0 Å². The van der Waals surface area contributed by atoms with Gasteiger partial charge < -0.3 is 10.1 Å². The van der Waals surface area contributed by atoms with Gasteiger partial charge in [-0.3, -0.25) is 4.84 Å². The lowest BCUT2D eigenvalue weighted by atomic mass is 10.0. The van der Waals surface area contributed by atoms with Crippen molar-refractivity contribution < 1.29 is 14.4 Å². The molecule has 1 fully saturated rings. The monoisotopic (exact) mass is 244 g/mol. The third-order valence-electron chi connectivity index (χ3n) is 2.91. The minimum absolute atomic E-state index is 0.250. The predicted octanol–water partition coefficient (Wildman–Crippen LogP) is 0.990. The van der Waals surface area contributed by atoms with Crippen molar-refractivity contribution in [3.63, 3.8) is 0 Å². The number of piperidine rings is 1. The smallest absolute Gasteiger partial charge is 0.339 e. The first-order chi connectivity index (χ1) is 7.95. The Morgan fingerprint density at radius 2 is 2.18 bits per heavy atom. The number of carbonyl (C=O) groups is 1. The first kappa shape index (κ1) is 14.4. The summed E-state index contributed by atoms with van der Waals surface area (Å²) in [6.07, 6.45) is 2.16. The molecule has 1 heterocycles. The number of hydrogen-bond donors (Lipinski definition) is 2. The Morgan fingerprint density at radius 3 is 2.71 bits per heavy atom. The van der Waals surface area contributed by atoms with Gasteiger partial charge in [-0.15, -0.1) is 0 Å². The topological polar surface area (TPSA) is 59.6 Å². The Morgan fingerprint density at radius 1 is 1.47 bits per heavy atom. The second kappa shape index (κ2) is 6.33. The van der Waals surface area contributed by atoms with E-state index in [1.54, 1.807) is 20.8 Å². The van der Waals surface area contributed by atoms with Gasteiger partial charge >= 0.3 is 5.97 Å². The van der Waals surface area contributed by atoms with Crippen LogP contribution in [0, 0.1) is 0 Å². The van der Waals surface area contributed by atoms with E-state index in [1.807, 2.05) is 0 Å². The largest absolute Gasteiger partial charge is 0.464 e. The molecular formula is C12H24N2O3. The molecule has 0 bridgehead atoms. The highest BCUT2D eigenvalue weighted by Gasteiger charge is 2.32. The van der Waals surface area contributed by atoms with Crippen LogP contribution in [0.2, 0.25) is 0 Å². The maximum absolute atomic E-state index is 11.6. The van der Waals surface area contributed by atoms with E-state index in [0.717, 1.165) is 19.4 Å². The van der Waals surface area contributed by atoms with Crippen LogP contribution in [0.1, 0.15) is 40.5 Å². The Labute approximate surface area is 103 Å². The third-order valence-corrected chi connectivity index (χ3v) is 2.91. The van der Waals surface area contributed by atoms with Crippen LogP contribution in [0.5, 0.6) is 0 Å². The lowest BCUT2D eigenvalue weighted by Crippen LogP contribution is -2.50. The highest BCUT2D eigenvalue weighted by atomic mass is 16.7. The number of hydroxylamine groups is 1. The van der Waals surface area contributed by atoms with E-state index in [0.29, 0.717) is 12.6 Å². The van der Waals surface area contributed by atoms with E-state index >= 15 is 0 Å². The van der Waals surface area contributed by atoms with Gasteiger partial charge in [0, 0.05) is 18.6 Å². The second-order valence-electron chi connectivity index (χ2n) is 5.03. The van der Waals surface area contributed by atoms with Crippen molar-refractivity contribution in [2.24, 2.45) is 0 Å². The van der Waals surface area contributed by atoms with Gasteiger partial charge in [0.25, 0.3) is 0 Å². The molecule has 0 amide bonds. The Bertz CT molecular complexity index is 248. The van der Waals surface area contributed by atoms with Crippen LogP contribution >= 0.6 is 0 Å². The molecule has 0 aromatic rings. The van der Waals surface area contributed by atoms with Crippen LogP contribution in [-0.4, -0.2) is 36.8 Å². The number of esters is 1. The minimum Gasteiger partial charge on any atom is -0.464 e. The van der Waals surface area contributed by atoms with Crippen LogP contribution in [-0.2, 0) is 14.4 Å². The standard InChI is InChI=1S/C12H24N2O3/c1-5-16-11(15)12(3,4)17-14-10-7-6-9(2)13-8-10/h9-10,13-14H,5-8H2,1-4H3/t9-,10-/m1/s1. The van der Waals surface area contributed by atoms with E-state index in [-0.39, 0.29) is 12.0 Å². The summed E-state index contributed by atoms with van der Waals surface area (Å²) in [5.74, 6) is -0.343. The summed E-state index contributed by atoms with van der Waals surface area (Å²) in [6, 6.07) is 0.811. The van der Waals surface area contributed by atoms with Crippen LogP contribution in [0.4, 0.5) is 0 Å². The van der Waals surface area contributed by atoms with Crippen molar-refractivity contribution in [2.75, 3.05) is 13.2 Å². The number of carbonyl (C=O) groups excluding carboxylic acids is 1. The molecule has 100 valence electrons. The minimum atomic E-state index is -0.945. The second-order valence-corrected chi connectivity index (χ2v) is 5.03. The molecule has 2 N–H and O–H groups in total. The average Bonchev–Trinajstić information content (AvgIpc) is 2.29. The SMILES string of the molecule is CCOC(=O)C(C)(C)ON[C@@H]1CC[C@@H](C)NC1. The maximum Gasteiger partial charge on any atom is 0.339 e. The van der Waals surface area contributed by atoms with Crippen molar-refractivity contribution >= 4 is 5.97 Å². The average molecular weight is 244 g/mol. The summed E-state index contributed by atoms with van der Waals surface area (Å²) in [4.78, 5) is 17.0. The molecule has 2 atom stereocenters. The van der Waals surface area contributed by atoms with Gasteiger partial charge in [0.05, 0.1) is 6.61 Å². The Hall–Kier alpha value is -0.650. The van der Waals surface area contributed by atoms with Crippen LogP contribution in [0.3, 0.4) is 0 Å². The summed E-state index contributed by atoms with van der Waals surface area (Å²) >= 11 is 0. The fourth-order valence-electron chi connectivity index (χ4n) is 1.68. The molecule has 0 aliphatic carbocycles. The summed E-state index contributed by atoms with van der Waals surface area (Å²) in [6.45, 7) is 8.59. The number of nitrogens with one attached hydrogen (secondary N) is 2. The molecule has 0 spiro atoms. The fraction of sp³-hybridized carbons (Fsp3) is 0.917. The summed E-state index contributed by atoms with van der Waals surface area (Å²) < 4.78 is 4.94. The molecule has 1 aliphatic heterocycles. The lowest BCUT2D eigenvalue weighted by molar-refractivity contribution is -0.180. The molecule has 0 radical (unpaired) electrons. The van der Waals surface area contributed by atoms with E-state index in [2.05, 4.69) is 17.7 Å². The number of hydrogen-bond acceptors (Lipinski definition) is 5. The molecule has 0 aromatic heterocycles. The van der Waals surface area contributed by atoms with Gasteiger partial charge in [-0.1, -0.05) is 0 Å². The summed E-state index contributed by atoms with van der Waals surface area (Å²) in [5.41, 5.74) is 2.01. The first-order valence-electron chi connectivity index (χ1n) is 6.30. The maximum atomic E-state index is 11.6. The van der Waals surface area contributed by atoms with Gasteiger partial charge in [0.1, 0.15) is 0 Å². The number of rotatable bonds is 5. The molecule has 0 saturated carbocycles. The normalized spacial score (nSPS) is 25.6. The molecule has 1 rings (SSSR count). The number of ether oxygens (including phenoxy) is 1. The van der Waals surface area contributed by atoms with Gasteiger partial charge in [-0.05, 0) is 40.5 Å².